The maximum atomic E-state index is 13.0. The van der Waals surface area contributed by atoms with Crippen LogP contribution >= 0.6 is 11.8 Å². The number of nitrogens with zero attached hydrogens (tertiary/aromatic N) is 2. The second-order valence-electron chi connectivity index (χ2n) is 10.2. The second-order valence-corrected chi connectivity index (χ2v) is 11.2. The maximum Gasteiger partial charge on any atom is 0.246 e. The van der Waals surface area contributed by atoms with Crippen LogP contribution in [0.4, 0.5) is 0 Å². The number of rotatable bonds is 7. The van der Waals surface area contributed by atoms with E-state index in [-0.39, 0.29) is 17.9 Å². The number of carbonyl (C=O) groups is 2. The second kappa shape index (κ2) is 11.7. The largest absolute Gasteiger partial charge is 0.331 e. The topological polar surface area (TPSA) is 64.5 Å². The lowest BCUT2D eigenvalue weighted by Crippen LogP contribution is -2.52. The highest BCUT2D eigenvalue weighted by Gasteiger charge is 2.35. The van der Waals surface area contributed by atoms with Gasteiger partial charge in [0, 0.05) is 31.0 Å². The van der Waals surface area contributed by atoms with E-state index in [0.717, 1.165) is 88.2 Å². The number of hydrogen-bond acceptors (Lipinski definition) is 4. The Hall–Kier alpha value is -1.56. The average Bonchev–Trinajstić information content (AvgIpc) is 3.35. The first kappa shape index (κ1) is 24.6. The Bertz CT molecular complexity index is 825. The molecular weight excluding hydrogens is 430 g/mol. The summed E-state index contributed by atoms with van der Waals surface area (Å²) in [5, 5.41) is 8.45. The molecule has 182 valence electrons. The third-order valence-electron chi connectivity index (χ3n) is 8.02. The van der Waals surface area contributed by atoms with Crippen molar-refractivity contribution < 1.29 is 9.59 Å². The lowest BCUT2D eigenvalue weighted by atomic mass is 9.84. The molecule has 0 aromatic heterocycles. The highest BCUT2D eigenvalue weighted by molar-refractivity contribution is 7.99. The van der Waals surface area contributed by atoms with Crippen molar-refractivity contribution in [1.29, 1.82) is 5.41 Å². The Labute approximate surface area is 203 Å². The molecule has 0 spiro atoms. The number of thioether (sulfide) groups is 1. The van der Waals surface area contributed by atoms with Crippen LogP contribution in [0.5, 0.6) is 0 Å². The van der Waals surface area contributed by atoms with Crippen molar-refractivity contribution >= 4 is 29.3 Å². The van der Waals surface area contributed by atoms with Gasteiger partial charge in [-0.3, -0.25) is 9.59 Å². The van der Waals surface area contributed by atoms with Crippen molar-refractivity contribution in [2.75, 3.05) is 24.7 Å². The van der Waals surface area contributed by atoms with Gasteiger partial charge in [0.1, 0.15) is 6.04 Å². The number of hydrogen-bond donors (Lipinski definition) is 1. The van der Waals surface area contributed by atoms with Crippen LogP contribution in [0.15, 0.2) is 22.3 Å². The van der Waals surface area contributed by atoms with Gasteiger partial charge < -0.3 is 15.2 Å². The summed E-state index contributed by atoms with van der Waals surface area (Å²) in [7, 11) is 0. The van der Waals surface area contributed by atoms with Crippen LogP contribution in [0.25, 0.3) is 0 Å². The van der Waals surface area contributed by atoms with E-state index in [1.807, 2.05) is 9.80 Å². The first-order valence-corrected chi connectivity index (χ1v) is 14.4. The molecule has 0 aromatic rings. The summed E-state index contributed by atoms with van der Waals surface area (Å²) < 4.78 is 0. The van der Waals surface area contributed by atoms with Gasteiger partial charge in [-0.15, -0.1) is 11.8 Å². The minimum atomic E-state index is -0.230. The van der Waals surface area contributed by atoms with E-state index in [0.29, 0.717) is 6.42 Å². The number of likely N-dealkylation sites (tertiary alicyclic amines) is 1. The smallest absolute Gasteiger partial charge is 0.246 e. The highest BCUT2D eigenvalue weighted by Crippen LogP contribution is 2.38. The van der Waals surface area contributed by atoms with Gasteiger partial charge in [0.05, 0.1) is 5.88 Å². The summed E-state index contributed by atoms with van der Waals surface area (Å²) in [5.74, 6) is 2.13. The molecule has 2 aliphatic heterocycles. The minimum absolute atomic E-state index is 0.169. The summed E-state index contributed by atoms with van der Waals surface area (Å²) in [6.07, 6.45) is 14.5. The quantitative estimate of drug-likeness (QED) is 0.474. The van der Waals surface area contributed by atoms with Crippen molar-refractivity contribution in [1.82, 2.24) is 9.80 Å². The highest BCUT2D eigenvalue weighted by atomic mass is 32.2. The number of unbranched alkanes of at least 4 members (excludes halogenated alkanes) is 2. The predicted molar refractivity (Wildman–Crippen MR) is 137 cm³/mol. The van der Waals surface area contributed by atoms with E-state index in [1.165, 1.54) is 36.8 Å². The average molecular weight is 472 g/mol. The molecule has 1 atom stereocenters. The van der Waals surface area contributed by atoms with E-state index in [4.69, 9.17) is 5.41 Å². The monoisotopic (exact) mass is 471 g/mol. The molecule has 6 heteroatoms. The summed E-state index contributed by atoms with van der Waals surface area (Å²) >= 11 is 1.81. The molecule has 0 bridgehead atoms. The maximum absolute atomic E-state index is 13.0. The van der Waals surface area contributed by atoms with Gasteiger partial charge in [0.25, 0.3) is 0 Å². The molecule has 1 unspecified atom stereocenters. The summed E-state index contributed by atoms with van der Waals surface area (Å²) in [5.41, 5.74) is 6.68. The van der Waals surface area contributed by atoms with Gasteiger partial charge in [-0.2, -0.15) is 0 Å². The molecular formula is C27H41N3O2S. The van der Waals surface area contributed by atoms with E-state index in [9.17, 15) is 9.59 Å². The fourth-order valence-electron chi connectivity index (χ4n) is 6.00. The Morgan fingerprint density at radius 2 is 1.85 bits per heavy atom. The van der Waals surface area contributed by atoms with Crippen LogP contribution in [0, 0.1) is 5.41 Å². The Balaban J connectivity index is 1.27. The molecule has 2 amide bonds. The zero-order chi connectivity index (χ0) is 23.2. The van der Waals surface area contributed by atoms with Crippen LogP contribution in [-0.2, 0) is 9.59 Å². The molecule has 2 saturated heterocycles. The van der Waals surface area contributed by atoms with Gasteiger partial charge in [0.15, 0.2) is 0 Å². The molecule has 0 radical (unpaired) electrons. The third kappa shape index (κ3) is 5.93. The van der Waals surface area contributed by atoms with Gasteiger partial charge in [-0.1, -0.05) is 12.0 Å². The number of piperidine rings is 1. The van der Waals surface area contributed by atoms with Gasteiger partial charge in [0.2, 0.25) is 11.8 Å². The Morgan fingerprint density at radius 1 is 1.00 bits per heavy atom. The number of allylic oxidation sites excluding steroid dienone is 4. The minimum Gasteiger partial charge on any atom is -0.331 e. The first-order chi connectivity index (χ1) is 16.1. The molecule has 2 heterocycles. The van der Waals surface area contributed by atoms with Crippen LogP contribution in [0.3, 0.4) is 0 Å². The van der Waals surface area contributed by atoms with Crippen molar-refractivity contribution in [3.05, 3.63) is 22.3 Å². The summed E-state index contributed by atoms with van der Waals surface area (Å²) in [6, 6.07) is -0.230. The van der Waals surface area contributed by atoms with Gasteiger partial charge in [-0.25, -0.2) is 0 Å². The third-order valence-corrected chi connectivity index (χ3v) is 8.98. The number of carbonyl (C=O) groups excluding carboxylic acids is 2. The normalized spacial score (nSPS) is 24.3. The molecule has 0 aromatic carbocycles. The number of nitrogens with one attached hydrogen (secondary N) is 1. The van der Waals surface area contributed by atoms with Crippen LogP contribution in [0.2, 0.25) is 0 Å². The Morgan fingerprint density at radius 3 is 2.67 bits per heavy atom. The molecule has 2 fully saturated rings. The first-order valence-electron chi connectivity index (χ1n) is 13.2. The zero-order valence-electron chi connectivity index (χ0n) is 20.4. The SMILES string of the molecule is CC1=C(CCCCCC(=O)N2CCCCC2C(=O)N2CCSC2)C2=C(CCCC2)CCC1=N. The van der Waals surface area contributed by atoms with E-state index in [2.05, 4.69) is 6.92 Å². The lowest BCUT2D eigenvalue weighted by Gasteiger charge is -2.36. The van der Waals surface area contributed by atoms with Crippen molar-refractivity contribution in [3.8, 4) is 0 Å². The predicted octanol–water partition coefficient (Wildman–Crippen LogP) is 5.85. The van der Waals surface area contributed by atoms with Gasteiger partial charge in [-0.05, 0) is 101 Å². The molecule has 4 rings (SSSR count). The van der Waals surface area contributed by atoms with Crippen LogP contribution in [-0.4, -0.2) is 58.1 Å². The molecule has 0 saturated carbocycles. The van der Waals surface area contributed by atoms with E-state index in [1.54, 1.807) is 22.9 Å². The molecule has 1 N–H and O–H groups in total. The number of amides is 2. The molecule has 33 heavy (non-hydrogen) atoms. The lowest BCUT2D eigenvalue weighted by molar-refractivity contribution is -0.146. The fourth-order valence-corrected chi connectivity index (χ4v) is 6.96. The molecule has 4 aliphatic rings. The molecule has 2 aliphatic carbocycles. The van der Waals surface area contributed by atoms with Crippen molar-refractivity contribution in [3.63, 3.8) is 0 Å². The van der Waals surface area contributed by atoms with Crippen molar-refractivity contribution in [2.24, 2.45) is 0 Å². The van der Waals surface area contributed by atoms with Gasteiger partial charge >= 0.3 is 0 Å². The fraction of sp³-hybridized carbons (Fsp3) is 0.741. The summed E-state index contributed by atoms with van der Waals surface area (Å²) in [4.78, 5) is 29.8. The molecule has 5 nitrogen and oxygen atoms in total. The standard InChI is InChI=1S/C27H41N3O2S/c1-20-22(23-11-6-5-9-21(23)14-15-24(20)28)10-3-2-4-13-26(31)30-16-8-7-12-25(30)27(32)29-17-18-33-19-29/h25,28H,2-19H2,1H3. The summed E-state index contributed by atoms with van der Waals surface area (Å²) in [6.45, 7) is 3.71. The zero-order valence-corrected chi connectivity index (χ0v) is 21.2. The van der Waals surface area contributed by atoms with Crippen molar-refractivity contribution in [2.45, 2.75) is 103 Å². The van der Waals surface area contributed by atoms with Crippen LogP contribution in [0.1, 0.15) is 96.8 Å². The van der Waals surface area contributed by atoms with E-state index >= 15 is 0 Å². The van der Waals surface area contributed by atoms with Crippen LogP contribution < -0.4 is 0 Å². The Kier molecular flexibility index (Phi) is 8.72. The van der Waals surface area contributed by atoms with E-state index < -0.39 is 0 Å².